The smallest absolute Gasteiger partial charge is 0.134 e. The summed E-state index contributed by atoms with van der Waals surface area (Å²) >= 11 is 2.24. The van der Waals surface area contributed by atoms with Gasteiger partial charge in [-0.1, -0.05) is 18.2 Å². The van der Waals surface area contributed by atoms with Crippen LogP contribution in [0.3, 0.4) is 0 Å². The Bertz CT molecular complexity index is 268. The summed E-state index contributed by atoms with van der Waals surface area (Å²) < 4.78 is 1.17. The molecule has 1 rings (SSSR count). The molecule has 0 aliphatic carbocycles. The summed E-state index contributed by atoms with van der Waals surface area (Å²) in [6.45, 7) is 1.61. The third-order valence-corrected chi connectivity index (χ3v) is 2.45. The zero-order valence-corrected chi connectivity index (χ0v) is 8.46. The summed E-state index contributed by atoms with van der Waals surface area (Å²) in [6.07, 6.45) is 0.555. The van der Waals surface area contributed by atoms with Crippen molar-refractivity contribution >= 4 is 28.4 Å². The van der Waals surface area contributed by atoms with E-state index in [1.165, 1.54) is 3.57 Å². The lowest BCUT2D eigenvalue weighted by molar-refractivity contribution is -0.116. The average Bonchev–Trinajstić information content (AvgIpc) is 1.93. The Morgan fingerprint density at radius 3 is 2.64 bits per heavy atom. The summed E-state index contributed by atoms with van der Waals surface area (Å²) in [5.41, 5.74) is 1.13. The molecule has 0 aliphatic heterocycles. The fraction of sp³-hybridized carbons (Fsp3) is 0.222. The van der Waals surface area contributed by atoms with Gasteiger partial charge in [-0.15, -0.1) is 0 Å². The van der Waals surface area contributed by atoms with Crippen LogP contribution in [0.1, 0.15) is 12.5 Å². The molecule has 0 bridgehead atoms. The molecule has 1 aromatic rings. The Morgan fingerprint density at radius 2 is 2.09 bits per heavy atom. The maximum Gasteiger partial charge on any atom is 0.134 e. The molecule has 0 saturated heterocycles. The molecule has 58 valence electrons. The zero-order valence-electron chi connectivity index (χ0n) is 6.30. The second kappa shape index (κ2) is 3.85. The minimum absolute atomic E-state index is 0.217. The Morgan fingerprint density at radius 1 is 1.45 bits per heavy atom. The second-order valence-corrected chi connectivity index (χ2v) is 3.63. The molecule has 11 heavy (non-hydrogen) atoms. The number of ketones is 1. The maximum absolute atomic E-state index is 10.8. The molecule has 0 unspecified atom stereocenters. The maximum atomic E-state index is 10.8. The molecule has 0 radical (unpaired) electrons. The number of benzene rings is 1. The third-order valence-electron chi connectivity index (χ3n) is 1.40. The molecular formula is C9H9IO. The van der Waals surface area contributed by atoms with Gasteiger partial charge in [0.25, 0.3) is 0 Å². The largest absolute Gasteiger partial charge is 0.300 e. The van der Waals surface area contributed by atoms with Crippen LogP contribution in [0.2, 0.25) is 0 Å². The second-order valence-electron chi connectivity index (χ2n) is 2.47. The Balaban J connectivity index is 2.86. The molecule has 0 saturated carbocycles. The number of carbonyl (C=O) groups is 1. The number of Topliss-reactive ketones (excluding diaryl/α,β-unsaturated/α-hetero) is 1. The summed E-state index contributed by atoms with van der Waals surface area (Å²) in [6, 6.07) is 7.94. The van der Waals surface area contributed by atoms with Crippen molar-refractivity contribution < 1.29 is 4.79 Å². The van der Waals surface area contributed by atoms with Gasteiger partial charge in [-0.2, -0.15) is 0 Å². The molecule has 0 N–H and O–H groups in total. The fourth-order valence-corrected chi connectivity index (χ4v) is 1.49. The van der Waals surface area contributed by atoms with Gasteiger partial charge in [0.15, 0.2) is 0 Å². The van der Waals surface area contributed by atoms with Gasteiger partial charge in [0.2, 0.25) is 0 Å². The van der Waals surface area contributed by atoms with Gasteiger partial charge in [-0.25, -0.2) is 0 Å². The minimum atomic E-state index is 0.217. The van der Waals surface area contributed by atoms with Crippen LogP contribution in [-0.2, 0) is 11.2 Å². The van der Waals surface area contributed by atoms with E-state index >= 15 is 0 Å². The first kappa shape index (κ1) is 8.71. The van der Waals surface area contributed by atoms with E-state index in [2.05, 4.69) is 22.6 Å². The first-order valence-electron chi connectivity index (χ1n) is 3.43. The van der Waals surface area contributed by atoms with E-state index in [0.29, 0.717) is 6.42 Å². The average molecular weight is 260 g/mol. The van der Waals surface area contributed by atoms with Gasteiger partial charge >= 0.3 is 0 Å². The Hall–Kier alpha value is -0.380. The van der Waals surface area contributed by atoms with Gasteiger partial charge in [-0.3, -0.25) is 4.79 Å². The van der Waals surface area contributed by atoms with Crippen molar-refractivity contribution in [1.82, 2.24) is 0 Å². The molecule has 0 amide bonds. The molecule has 0 aromatic heterocycles. The Labute approximate surface area is 79.9 Å². The van der Waals surface area contributed by atoms with Crippen molar-refractivity contribution in [2.45, 2.75) is 13.3 Å². The molecule has 0 heterocycles. The molecular weight excluding hydrogens is 251 g/mol. The predicted molar refractivity (Wildman–Crippen MR) is 53.5 cm³/mol. The number of hydrogen-bond acceptors (Lipinski definition) is 1. The first-order chi connectivity index (χ1) is 5.20. The summed E-state index contributed by atoms with van der Waals surface area (Å²) in [5.74, 6) is 0.217. The van der Waals surface area contributed by atoms with Gasteiger partial charge < -0.3 is 0 Å². The van der Waals surface area contributed by atoms with Gasteiger partial charge in [0, 0.05) is 9.99 Å². The van der Waals surface area contributed by atoms with Crippen molar-refractivity contribution in [2.75, 3.05) is 0 Å². The molecule has 1 aromatic carbocycles. The highest BCUT2D eigenvalue weighted by Gasteiger charge is 1.99. The van der Waals surface area contributed by atoms with E-state index in [9.17, 15) is 4.79 Å². The molecule has 2 heteroatoms. The third kappa shape index (κ3) is 2.61. The first-order valence-corrected chi connectivity index (χ1v) is 4.51. The van der Waals surface area contributed by atoms with Crippen LogP contribution in [-0.4, -0.2) is 5.78 Å². The van der Waals surface area contributed by atoms with Gasteiger partial charge in [0.1, 0.15) is 5.78 Å². The lowest BCUT2D eigenvalue weighted by Crippen LogP contribution is -1.97. The number of halogens is 1. The Kier molecular flexibility index (Phi) is 3.05. The molecule has 0 aliphatic rings. The van der Waals surface area contributed by atoms with Crippen molar-refractivity contribution in [3.05, 3.63) is 33.4 Å². The zero-order chi connectivity index (χ0) is 8.27. The standard InChI is InChI=1S/C9H9IO/c1-7(11)6-8-4-2-3-5-9(8)10/h2-5H,6H2,1H3. The van der Waals surface area contributed by atoms with Crippen LogP contribution in [0.25, 0.3) is 0 Å². The lowest BCUT2D eigenvalue weighted by Gasteiger charge is -1.99. The van der Waals surface area contributed by atoms with E-state index in [-0.39, 0.29) is 5.78 Å². The highest BCUT2D eigenvalue weighted by Crippen LogP contribution is 2.11. The molecule has 0 spiro atoms. The number of carbonyl (C=O) groups excluding carboxylic acids is 1. The SMILES string of the molecule is CC(=O)Cc1ccccc1I. The molecule has 0 fully saturated rings. The quantitative estimate of drug-likeness (QED) is 0.746. The van der Waals surface area contributed by atoms with Crippen molar-refractivity contribution in [3.63, 3.8) is 0 Å². The highest BCUT2D eigenvalue weighted by molar-refractivity contribution is 14.1. The minimum Gasteiger partial charge on any atom is -0.300 e. The number of rotatable bonds is 2. The van der Waals surface area contributed by atoms with E-state index in [0.717, 1.165) is 5.56 Å². The fourth-order valence-electron chi connectivity index (χ4n) is 0.910. The molecule has 1 nitrogen and oxygen atoms in total. The van der Waals surface area contributed by atoms with Crippen LogP contribution >= 0.6 is 22.6 Å². The summed E-state index contributed by atoms with van der Waals surface area (Å²) in [5, 5.41) is 0. The monoisotopic (exact) mass is 260 g/mol. The van der Waals surface area contributed by atoms with Crippen molar-refractivity contribution in [2.24, 2.45) is 0 Å². The molecule has 0 atom stereocenters. The van der Waals surface area contributed by atoms with Crippen LogP contribution in [0.15, 0.2) is 24.3 Å². The van der Waals surface area contributed by atoms with E-state index < -0.39 is 0 Å². The van der Waals surface area contributed by atoms with E-state index in [4.69, 9.17) is 0 Å². The summed E-state index contributed by atoms with van der Waals surface area (Å²) in [4.78, 5) is 10.8. The van der Waals surface area contributed by atoms with Crippen molar-refractivity contribution in [1.29, 1.82) is 0 Å². The topological polar surface area (TPSA) is 17.1 Å². The van der Waals surface area contributed by atoms with Crippen LogP contribution in [0.5, 0.6) is 0 Å². The van der Waals surface area contributed by atoms with Crippen LogP contribution < -0.4 is 0 Å². The van der Waals surface area contributed by atoms with Gasteiger partial charge in [0.05, 0.1) is 0 Å². The van der Waals surface area contributed by atoms with Crippen LogP contribution in [0.4, 0.5) is 0 Å². The normalized spacial score (nSPS) is 9.64. The lowest BCUT2D eigenvalue weighted by atomic mass is 10.1. The summed E-state index contributed by atoms with van der Waals surface area (Å²) in [7, 11) is 0. The number of hydrogen-bond donors (Lipinski definition) is 0. The van der Waals surface area contributed by atoms with Gasteiger partial charge in [-0.05, 0) is 41.1 Å². The van der Waals surface area contributed by atoms with E-state index in [1.807, 2.05) is 24.3 Å². The van der Waals surface area contributed by atoms with E-state index in [1.54, 1.807) is 6.92 Å². The highest BCUT2D eigenvalue weighted by atomic mass is 127. The predicted octanol–water partition coefficient (Wildman–Crippen LogP) is 2.42. The van der Waals surface area contributed by atoms with Crippen molar-refractivity contribution in [3.8, 4) is 0 Å². The van der Waals surface area contributed by atoms with Crippen LogP contribution in [0, 0.1) is 3.57 Å².